The molecule has 9 heteroatoms. The number of likely N-dealkylation sites (N-methyl/N-ethyl adjacent to an activating group) is 1. The molecule has 0 radical (unpaired) electrons. The molecule has 3 rings (SSSR count). The molecule has 0 aliphatic carbocycles. The Labute approximate surface area is 177 Å². The summed E-state index contributed by atoms with van der Waals surface area (Å²) in [5, 5.41) is 6.60. The summed E-state index contributed by atoms with van der Waals surface area (Å²) in [4.78, 5) is 22.5. The first-order valence-electron chi connectivity index (χ1n) is 8.62. The van der Waals surface area contributed by atoms with Crippen molar-refractivity contribution in [3.8, 4) is 0 Å². The zero-order valence-electron chi connectivity index (χ0n) is 15.7. The Morgan fingerprint density at radius 3 is 2.72 bits per heavy atom. The van der Waals surface area contributed by atoms with Gasteiger partial charge in [-0.2, -0.15) is 0 Å². The molecule has 0 fully saturated rings. The first-order chi connectivity index (χ1) is 13.8. The fourth-order valence-electron chi connectivity index (χ4n) is 2.56. The molecular weight excluding hydrogens is 416 g/mol. The summed E-state index contributed by atoms with van der Waals surface area (Å²) in [5.41, 5.74) is 1.55. The highest BCUT2D eigenvalue weighted by molar-refractivity contribution is 6.39. The van der Waals surface area contributed by atoms with Crippen LogP contribution >= 0.6 is 23.2 Å². The van der Waals surface area contributed by atoms with Gasteiger partial charge in [0, 0.05) is 18.3 Å². The lowest BCUT2D eigenvalue weighted by Crippen LogP contribution is -2.13. The number of halogens is 3. The van der Waals surface area contributed by atoms with Gasteiger partial charge in [0.15, 0.2) is 0 Å². The molecule has 1 aromatic heterocycles. The maximum absolute atomic E-state index is 13.4. The molecule has 150 valence electrons. The van der Waals surface area contributed by atoms with Crippen LogP contribution in [-0.2, 0) is 4.79 Å². The number of anilines is 3. The summed E-state index contributed by atoms with van der Waals surface area (Å²) >= 11 is 12.4. The van der Waals surface area contributed by atoms with Gasteiger partial charge in [0.1, 0.15) is 18.0 Å². The van der Waals surface area contributed by atoms with Gasteiger partial charge in [-0.1, -0.05) is 29.3 Å². The normalized spacial score (nSPS) is 11.4. The second kappa shape index (κ2) is 9.17. The minimum absolute atomic E-state index is 0.0167. The quantitative estimate of drug-likeness (QED) is 0.542. The number of hydrogen-bond acceptors (Lipinski definition) is 5. The number of nitrogens with zero attached hydrogens (tertiary/aromatic N) is 3. The van der Waals surface area contributed by atoms with Crippen molar-refractivity contribution in [1.29, 1.82) is 0 Å². The van der Waals surface area contributed by atoms with Crippen molar-refractivity contribution in [2.24, 2.45) is 0 Å². The number of nitrogens with one attached hydrogen (secondary N) is 2. The van der Waals surface area contributed by atoms with Crippen LogP contribution in [0.1, 0.15) is 0 Å². The number of carbonyl (C=O) groups excluding carboxylic acids is 1. The second-order valence-electron chi connectivity index (χ2n) is 6.45. The van der Waals surface area contributed by atoms with Gasteiger partial charge in [0.05, 0.1) is 26.6 Å². The first-order valence-corrected chi connectivity index (χ1v) is 9.38. The maximum atomic E-state index is 13.4. The van der Waals surface area contributed by atoms with E-state index in [9.17, 15) is 9.18 Å². The highest BCUT2D eigenvalue weighted by Crippen LogP contribution is 2.35. The van der Waals surface area contributed by atoms with Crippen LogP contribution in [0.25, 0.3) is 10.9 Å². The molecule has 0 bridgehead atoms. The van der Waals surface area contributed by atoms with Crippen molar-refractivity contribution >= 4 is 57.2 Å². The number of amides is 1. The van der Waals surface area contributed by atoms with Crippen LogP contribution in [0.2, 0.25) is 10.0 Å². The number of hydrogen-bond donors (Lipinski definition) is 2. The summed E-state index contributed by atoms with van der Waals surface area (Å²) < 4.78 is 13.4. The van der Waals surface area contributed by atoms with Gasteiger partial charge in [-0.05, 0) is 44.4 Å². The molecule has 0 saturated heterocycles. The van der Waals surface area contributed by atoms with E-state index in [4.69, 9.17) is 23.2 Å². The molecule has 1 heterocycles. The van der Waals surface area contributed by atoms with Gasteiger partial charge in [0.25, 0.3) is 0 Å². The summed E-state index contributed by atoms with van der Waals surface area (Å²) in [6.07, 6.45) is 4.58. The van der Waals surface area contributed by atoms with E-state index in [0.29, 0.717) is 34.6 Å². The topological polar surface area (TPSA) is 70.2 Å². The molecule has 2 N–H and O–H groups in total. The van der Waals surface area contributed by atoms with E-state index < -0.39 is 5.82 Å². The van der Waals surface area contributed by atoms with Crippen molar-refractivity contribution in [1.82, 2.24) is 14.9 Å². The smallest absolute Gasteiger partial charge is 0.248 e. The van der Waals surface area contributed by atoms with Crippen molar-refractivity contribution in [2.45, 2.75) is 0 Å². The Hall–Kier alpha value is -2.74. The zero-order valence-corrected chi connectivity index (χ0v) is 17.2. The molecule has 2 aromatic carbocycles. The molecule has 0 saturated carbocycles. The van der Waals surface area contributed by atoms with E-state index >= 15 is 0 Å². The molecule has 6 nitrogen and oxygen atoms in total. The zero-order chi connectivity index (χ0) is 21.0. The molecule has 1 amide bonds. The average Bonchev–Trinajstić information content (AvgIpc) is 2.67. The highest BCUT2D eigenvalue weighted by atomic mass is 35.5. The SMILES string of the molecule is CN(C)C/C=C/C(=O)Nc1ccc2ncnc(Nc3ccc(F)c(Cl)c3)c2c1Cl. The summed E-state index contributed by atoms with van der Waals surface area (Å²) in [6, 6.07) is 7.63. The van der Waals surface area contributed by atoms with Gasteiger partial charge in [-0.25, -0.2) is 14.4 Å². The third-order valence-corrected chi connectivity index (χ3v) is 4.60. The van der Waals surface area contributed by atoms with E-state index in [0.717, 1.165) is 0 Å². The molecule has 29 heavy (non-hydrogen) atoms. The second-order valence-corrected chi connectivity index (χ2v) is 7.24. The Balaban J connectivity index is 1.92. The van der Waals surface area contributed by atoms with Gasteiger partial charge >= 0.3 is 0 Å². The van der Waals surface area contributed by atoms with Crippen LogP contribution in [-0.4, -0.2) is 41.4 Å². The van der Waals surface area contributed by atoms with Crippen LogP contribution in [0, 0.1) is 5.82 Å². The number of carbonyl (C=O) groups is 1. The van der Waals surface area contributed by atoms with E-state index in [1.165, 1.54) is 30.6 Å². The lowest BCUT2D eigenvalue weighted by molar-refractivity contribution is -0.111. The maximum Gasteiger partial charge on any atom is 0.248 e. The van der Waals surface area contributed by atoms with Gasteiger partial charge < -0.3 is 15.5 Å². The summed E-state index contributed by atoms with van der Waals surface area (Å²) in [6.45, 7) is 0.640. The molecule has 3 aromatic rings. The predicted molar refractivity (Wildman–Crippen MR) is 116 cm³/mol. The third kappa shape index (κ3) is 5.20. The van der Waals surface area contributed by atoms with Crippen LogP contribution in [0.15, 0.2) is 48.8 Å². The average molecular weight is 434 g/mol. The largest absolute Gasteiger partial charge is 0.340 e. The van der Waals surface area contributed by atoms with E-state index in [1.807, 2.05) is 19.0 Å². The lowest BCUT2D eigenvalue weighted by atomic mass is 10.2. The number of rotatable bonds is 6. The van der Waals surface area contributed by atoms with E-state index in [2.05, 4.69) is 20.6 Å². The van der Waals surface area contributed by atoms with Gasteiger partial charge in [-0.15, -0.1) is 0 Å². The molecule has 0 atom stereocenters. The Kier molecular flexibility index (Phi) is 6.64. The Morgan fingerprint density at radius 1 is 1.21 bits per heavy atom. The van der Waals surface area contributed by atoms with Crippen molar-refractivity contribution in [3.63, 3.8) is 0 Å². The monoisotopic (exact) mass is 433 g/mol. The number of aromatic nitrogens is 2. The summed E-state index contributed by atoms with van der Waals surface area (Å²) in [7, 11) is 3.82. The highest BCUT2D eigenvalue weighted by Gasteiger charge is 2.14. The van der Waals surface area contributed by atoms with E-state index in [1.54, 1.807) is 18.2 Å². The van der Waals surface area contributed by atoms with Crippen LogP contribution in [0.4, 0.5) is 21.6 Å². The Bertz CT molecular complexity index is 1090. The third-order valence-electron chi connectivity index (χ3n) is 3.92. The first kappa shape index (κ1) is 21.0. The molecule has 0 spiro atoms. The fraction of sp³-hybridized carbons (Fsp3) is 0.150. The summed E-state index contributed by atoms with van der Waals surface area (Å²) in [5.74, 6) is -0.415. The lowest BCUT2D eigenvalue weighted by Gasteiger charge is -2.13. The van der Waals surface area contributed by atoms with Crippen LogP contribution in [0.3, 0.4) is 0 Å². The Morgan fingerprint density at radius 2 is 2.00 bits per heavy atom. The molecule has 0 aliphatic heterocycles. The van der Waals surface area contributed by atoms with Crippen molar-refractivity contribution in [2.75, 3.05) is 31.3 Å². The van der Waals surface area contributed by atoms with Crippen molar-refractivity contribution in [3.05, 3.63) is 64.7 Å². The number of benzene rings is 2. The predicted octanol–water partition coefficient (Wildman–Crippen LogP) is 4.88. The molecule has 0 aliphatic rings. The number of fused-ring (bicyclic) bond motifs is 1. The standard InChI is InChI=1S/C20H18Cl2FN5O/c1-28(2)9-3-4-17(29)27-16-8-7-15-18(19(16)22)20(25-11-24-15)26-12-5-6-14(23)13(21)10-12/h3-8,10-11H,9H2,1-2H3,(H,27,29)(H,24,25,26)/b4-3+. The molecular formula is C20H18Cl2FN5O. The minimum Gasteiger partial charge on any atom is -0.340 e. The van der Waals surface area contributed by atoms with Gasteiger partial charge in [0.2, 0.25) is 5.91 Å². The van der Waals surface area contributed by atoms with Crippen molar-refractivity contribution < 1.29 is 9.18 Å². The minimum atomic E-state index is -0.518. The van der Waals surface area contributed by atoms with Gasteiger partial charge in [-0.3, -0.25) is 4.79 Å². The van der Waals surface area contributed by atoms with Crippen LogP contribution in [0.5, 0.6) is 0 Å². The van der Waals surface area contributed by atoms with E-state index in [-0.39, 0.29) is 16.0 Å². The molecule has 0 unspecified atom stereocenters. The fourth-order valence-corrected chi connectivity index (χ4v) is 3.04. The van der Waals surface area contributed by atoms with Crippen LogP contribution < -0.4 is 10.6 Å².